The summed E-state index contributed by atoms with van der Waals surface area (Å²) in [6.45, 7) is 1.70. The van der Waals surface area contributed by atoms with E-state index in [2.05, 4.69) is 5.32 Å². The Balaban J connectivity index is 2.05. The maximum absolute atomic E-state index is 13.3. The quantitative estimate of drug-likeness (QED) is 0.862. The van der Waals surface area contributed by atoms with E-state index in [1.165, 1.54) is 25.3 Å². The van der Waals surface area contributed by atoms with Gasteiger partial charge >= 0.3 is 5.97 Å². The minimum Gasteiger partial charge on any atom is -0.496 e. The first-order valence-corrected chi connectivity index (χ1v) is 6.30. The lowest BCUT2D eigenvalue weighted by Gasteiger charge is -2.17. The van der Waals surface area contributed by atoms with Crippen molar-refractivity contribution in [2.24, 2.45) is 11.8 Å². The molecule has 1 aromatic carbocycles. The number of carboxylic acids is 1. The van der Waals surface area contributed by atoms with Crippen LogP contribution in [-0.4, -0.2) is 24.1 Å². The third kappa shape index (κ3) is 2.89. The molecule has 2 rings (SSSR count). The van der Waals surface area contributed by atoms with Gasteiger partial charge in [-0.05, 0) is 31.5 Å². The molecule has 20 heavy (non-hydrogen) atoms. The Morgan fingerprint density at radius 2 is 2.15 bits per heavy atom. The summed E-state index contributed by atoms with van der Waals surface area (Å²) in [6, 6.07) is 3.61. The number of halogens is 1. The van der Waals surface area contributed by atoms with Crippen molar-refractivity contribution in [3.8, 4) is 5.75 Å². The molecule has 0 radical (unpaired) electrons. The fourth-order valence-electron chi connectivity index (χ4n) is 2.20. The second-order valence-electron chi connectivity index (χ2n) is 4.90. The number of nitrogens with one attached hydrogen (secondary N) is 1. The summed E-state index contributed by atoms with van der Waals surface area (Å²) in [5.74, 6) is -2.31. The standard InChI is InChI=1S/C14H16FNO4/c1-7(9-5-8(15)3-4-12(9)20-2)16-13(17)10-6-11(10)14(18)19/h3-5,7,10-11H,6H2,1-2H3,(H,16,17)(H,18,19)/t7-,10+,11-/m0/s1. The first-order chi connectivity index (χ1) is 9.43. The maximum Gasteiger partial charge on any atom is 0.307 e. The highest BCUT2D eigenvalue weighted by molar-refractivity contribution is 5.89. The number of carbonyl (C=O) groups is 2. The number of carbonyl (C=O) groups excluding carboxylic acids is 1. The summed E-state index contributed by atoms with van der Waals surface area (Å²) >= 11 is 0. The molecule has 1 aliphatic rings. The fourth-order valence-corrected chi connectivity index (χ4v) is 2.20. The minimum atomic E-state index is -0.957. The van der Waals surface area contributed by atoms with E-state index < -0.39 is 29.7 Å². The van der Waals surface area contributed by atoms with Crippen LogP contribution < -0.4 is 10.1 Å². The zero-order valence-electron chi connectivity index (χ0n) is 11.2. The van der Waals surface area contributed by atoms with Crippen molar-refractivity contribution in [3.63, 3.8) is 0 Å². The van der Waals surface area contributed by atoms with E-state index in [1.54, 1.807) is 6.92 Å². The molecule has 1 aromatic rings. The third-order valence-corrected chi connectivity index (χ3v) is 3.46. The Kier molecular flexibility index (Phi) is 3.92. The van der Waals surface area contributed by atoms with Crippen LogP contribution in [0.15, 0.2) is 18.2 Å². The summed E-state index contributed by atoms with van der Waals surface area (Å²) in [6.07, 6.45) is 0.355. The highest BCUT2D eigenvalue weighted by Crippen LogP contribution is 2.39. The summed E-state index contributed by atoms with van der Waals surface area (Å²) in [5, 5.41) is 11.5. The first kappa shape index (κ1) is 14.3. The first-order valence-electron chi connectivity index (χ1n) is 6.30. The number of hydrogen-bond donors (Lipinski definition) is 2. The average molecular weight is 281 g/mol. The number of carboxylic acid groups (broad SMARTS) is 1. The SMILES string of the molecule is COc1ccc(F)cc1[C@H](C)NC(=O)[C@@H]1C[C@@H]1C(=O)O. The van der Waals surface area contributed by atoms with Crippen LogP contribution in [0, 0.1) is 17.7 Å². The molecule has 2 N–H and O–H groups in total. The van der Waals surface area contributed by atoms with E-state index in [-0.39, 0.29) is 5.91 Å². The van der Waals surface area contributed by atoms with Gasteiger partial charge in [0.2, 0.25) is 5.91 Å². The third-order valence-electron chi connectivity index (χ3n) is 3.46. The van der Waals surface area contributed by atoms with Gasteiger partial charge in [-0.15, -0.1) is 0 Å². The van der Waals surface area contributed by atoms with Crippen molar-refractivity contribution in [1.82, 2.24) is 5.32 Å². The van der Waals surface area contributed by atoms with E-state index in [9.17, 15) is 14.0 Å². The Labute approximate surface area is 115 Å². The molecule has 1 aliphatic carbocycles. The van der Waals surface area contributed by atoms with Crippen LogP contribution in [0.25, 0.3) is 0 Å². The highest BCUT2D eigenvalue weighted by Gasteiger charge is 2.48. The Morgan fingerprint density at radius 1 is 1.45 bits per heavy atom. The molecule has 5 nitrogen and oxygen atoms in total. The molecule has 0 aromatic heterocycles. The smallest absolute Gasteiger partial charge is 0.307 e. The van der Waals surface area contributed by atoms with Gasteiger partial charge in [-0.1, -0.05) is 0 Å². The number of aliphatic carboxylic acids is 1. The molecule has 1 saturated carbocycles. The van der Waals surface area contributed by atoms with Crippen LogP contribution in [0.4, 0.5) is 4.39 Å². The van der Waals surface area contributed by atoms with Crippen molar-refractivity contribution < 1.29 is 23.8 Å². The topological polar surface area (TPSA) is 75.6 Å². The normalized spacial score (nSPS) is 21.9. The van der Waals surface area contributed by atoms with Crippen LogP contribution >= 0.6 is 0 Å². The van der Waals surface area contributed by atoms with Gasteiger partial charge < -0.3 is 15.2 Å². The molecule has 108 valence electrons. The zero-order chi connectivity index (χ0) is 14.9. The number of ether oxygens (including phenoxy) is 1. The largest absolute Gasteiger partial charge is 0.496 e. The van der Waals surface area contributed by atoms with Crippen LogP contribution in [0.2, 0.25) is 0 Å². The van der Waals surface area contributed by atoms with Gasteiger partial charge in [0.15, 0.2) is 0 Å². The molecule has 1 amide bonds. The Hall–Kier alpha value is -2.11. The van der Waals surface area contributed by atoms with Crippen LogP contribution in [0.5, 0.6) is 5.75 Å². The van der Waals surface area contributed by atoms with Crippen LogP contribution in [0.1, 0.15) is 24.9 Å². The number of benzene rings is 1. The van der Waals surface area contributed by atoms with E-state index in [4.69, 9.17) is 9.84 Å². The average Bonchev–Trinajstić information content (AvgIpc) is 3.18. The molecule has 0 bridgehead atoms. The van der Waals surface area contributed by atoms with Crippen molar-refractivity contribution in [3.05, 3.63) is 29.6 Å². The fraction of sp³-hybridized carbons (Fsp3) is 0.429. The van der Waals surface area contributed by atoms with E-state index in [0.29, 0.717) is 17.7 Å². The maximum atomic E-state index is 13.3. The van der Waals surface area contributed by atoms with Gasteiger partial charge in [0, 0.05) is 5.56 Å². The molecule has 1 fully saturated rings. The minimum absolute atomic E-state index is 0.323. The predicted molar refractivity (Wildman–Crippen MR) is 68.7 cm³/mol. The van der Waals surface area contributed by atoms with Crippen molar-refractivity contribution in [2.75, 3.05) is 7.11 Å². The predicted octanol–water partition coefficient (Wildman–Crippen LogP) is 1.73. The van der Waals surface area contributed by atoms with Gasteiger partial charge in [-0.25, -0.2) is 4.39 Å². The molecular formula is C14H16FNO4. The van der Waals surface area contributed by atoms with Gasteiger partial charge in [0.1, 0.15) is 11.6 Å². The van der Waals surface area contributed by atoms with Crippen LogP contribution in [0.3, 0.4) is 0 Å². The number of amides is 1. The molecule has 3 atom stereocenters. The summed E-state index contributed by atoms with van der Waals surface area (Å²) < 4.78 is 18.4. The van der Waals surface area contributed by atoms with Crippen molar-refractivity contribution in [1.29, 1.82) is 0 Å². The van der Waals surface area contributed by atoms with Crippen molar-refractivity contribution >= 4 is 11.9 Å². The van der Waals surface area contributed by atoms with E-state index in [0.717, 1.165) is 0 Å². The Morgan fingerprint density at radius 3 is 2.70 bits per heavy atom. The molecule has 0 heterocycles. The molecule has 0 saturated heterocycles. The molecule has 0 spiro atoms. The number of methoxy groups -OCH3 is 1. The van der Waals surface area contributed by atoms with E-state index >= 15 is 0 Å². The zero-order valence-corrected chi connectivity index (χ0v) is 11.2. The summed E-state index contributed by atoms with van der Waals surface area (Å²) in [4.78, 5) is 22.6. The monoisotopic (exact) mass is 281 g/mol. The van der Waals surface area contributed by atoms with Crippen molar-refractivity contribution in [2.45, 2.75) is 19.4 Å². The summed E-state index contributed by atoms with van der Waals surface area (Å²) in [7, 11) is 1.46. The molecule has 6 heteroatoms. The van der Waals surface area contributed by atoms with E-state index in [1.807, 2.05) is 0 Å². The van der Waals surface area contributed by atoms with Crippen LogP contribution in [-0.2, 0) is 9.59 Å². The van der Waals surface area contributed by atoms with Gasteiger partial charge in [0.05, 0.1) is 25.0 Å². The van der Waals surface area contributed by atoms with Gasteiger partial charge in [-0.2, -0.15) is 0 Å². The molecule has 0 aliphatic heterocycles. The number of hydrogen-bond acceptors (Lipinski definition) is 3. The second-order valence-corrected chi connectivity index (χ2v) is 4.90. The molecular weight excluding hydrogens is 265 g/mol. The lowest BCUT2D eigenvalue weighted by molar-refractivity contribution is -0.140. The lowest BCUT2D eigenvalue weighted by atomic mass is 10.1. The lowest BCUT2D eigenvalue weighted by Crippen LogP contribution is -2.29. The molecule has 0 unspecified atom stereocenters. The number of rotatable bonds is 5. The second kappa shape index (κ2) is 5.48. The Bertz CT molecular complexity index is 546. The summed E-state index contributed by atoms with van der Waals surface area (Å²) in [5.41, 5.74) is 0.522. The van der Waals surface area contributed by atoms with Gasteiger partial charge in [0.25, 0.3) is 0 Å². The van der Waals surface area contributed by atoms with Gasteiger partial charge in [-0.3, -0.25) is 9.59 Å². The highest BCUT2D eigenvalue weighted by atomic mass is 19.1.